The monoisotopic (exact) mass is 435 g/mol. The maximum absolute atomic E-state index is 12.7. The third-order valence-electron chi connectivity index (χ3n) is 5.14. The summed E-state index contributed by atoms with van der Waals surface area (Å²) in [5, 5.41) is 16.3. The van der Waals surface area contributed by atoms with Crippen molar-refractivity contribution in [3.8, 4) is 0 Å². The first-order valence-corrected chi connectivity index (χ1v) is 11.9. The first-order chi connectivity index (χ1) is 14.1. The summed E-state index contributed by atoms with van der Waals surface area (Å²) in [5.41, 5.74) is 0.209. The summed E-state index contributed by atoms with van der Waals surface area (Å²) >= 11 is 0. The second-order valence-corrected chi connectivity index (χ2v) is 10.3. The van der Waals surface area contributed by atoms with Crippen LogP contribution in [0.5, 0.6) is 0 Å². The quantitative estimate of drug-likeness (QED) is 0.517. The molecule has 30 heavy (non-hydrogen) atoms. The number of nitrogens with one attached hydrogen (secondary N) is 3. The van der Waals surface area contributed by atoms with Gasteiger partial charge in [-0.2, -0.15) is 0 Å². The maximum atomic E-state index is 12.7. The number of carbonyl (C=O) groups excluding carboxylic acids is 1. The molecule has 0 spiro atoms. The van der Waals surface area contributed by atoms with Gasteiger partial charge >= 0.3 is 0 Å². The summed E-state index contributed by atoms with van der Waals surface area (Å²) in [7, 11) is -3.20. The highest BCUT2D eigenvalue weighted by Crippen LogP contribution is 2.23. The number of sulfonamides is 1. The number of hydrogen-bond acceptors (Lipinski definition) is 7. The van der Waals surface area contributed by atoms with Gasteiger partial charge in [-0.1, -0.05) is 12.1 Å². The molecule has 0 atom stereocenters. The fraction of sp³-hybridized carbons (Fsp3) is 0.550. The summed E-state index contributed by atoms with van der Waals surface area (Å²) in [6, 6.07) is 5.41. The Morgan fingerprint density at radius 2 is 1.87 bits per heavy atom. The zero-order valence-corrected chi connectivity index (χ0v) is 18.3. The Kier molecular flexibility index (Phi) is 6.59. The molecule has 1 aliphatic carbocycles. The van der Waals surface area contributed by atoms with Gasteiger partial charge in [-0.05, 0) is 45.6 Å². The van der Waals surface area contributed by atoms with Crippen LogP contribution in [-0.2, 0) is 10.0 Å². The molecule has 9 nitrogen and oxygen atoms in total. The standard InChI is InChI=1S/C20H29N5O4S/c1-20(2,12-26)24-18(27)16-6-4-5-13-11-21-19(23-17(13)16)22-14-7-9-15(10-8-14)25-30(3,28)29/h4-6,11,14-15,25-26H,7-10,12H2,1-3H3,(H,24,27)(H,21,22,23). The minimum Gasteiger partial charge on any atom is -0.394 e. The van der Waals surface area contributed by atoms with Gasteiger partial charge in [0.1, 0.15) is 0 Å². The maximum Gasteiger partial charge on any atom is 0.253 e. The van der Waals surface area contributed by atoms with Crippen LogP contribution < -0.4 is 15.4 Å². The highest BCUT2D eigenvalue weighted by atomic mass is 32.2. The molecule has 1 aromatic heterocycles. The van der Waals surface area contributed by atoms with Crippen LogP contribution in [-0.4, -0.2) is 59.9 Å². The molecule has 2 aromatic rings. The number of anilines is 1. The number of amides is 1. The van der Waals surface area contributed by atoms with Gasteiger partial charge in [-0.3, -0.25) is 4.79 Å². The Labute approximate surface area is 176 Å². The molecule has 1 saturated carbocycles. The molecule has 1 amide bonds. The van der Waals surface area contributed by atoms with Crippen LogP contribution in [0.15, 0.2) is 24.4 Å². The van der Waals surface area contributed by atoms with Crippen LogP contribution in [0.4, 0.5) is 5.95 Å². The third kappa shape index (κ3) is 5.87. The summed E-state index contributed by atoms with van der Waals surface area (Å²) in [6.07, 6.45) is 5.92. The molecule has 1 fully saturated rings. The minimum absolute atomic E-state index is 0.0410. The zero-order chi connectivity index (χ0) is 21.9. The van der Waals surface area contributed by atoms with Gasteiger partial charge < -0.3 is 15.7 Å². The van der Waals surface area contributed by atoms with Gasteiger partial charge in [0.15, 0.2) is 0 Å². The number of benzene rings is 1. The number of aliphatic hydroxyl groups excluding tert-OH is 1. The zero-order valence-electron chi connectivity index (χ0n) is 17.5. The van der Waals surface area contributed by atoms with E-state index in [9.17, 15) is 18.3 Å². The fourth-order valence-electron chi connectivity index (χ4n) is 3.56. The Morgan fingerprint density at radius 1 is 1.20 bits per heavy atom. The van der Waals surface area contributed by atoms with E-state index in [0.29, 0.717) is 17.0 Å². The van der Waals surface area contributed by atoms with Crippen LogP contribution in [0, 0.1) is 0 Å². The van der Waals surface area contributed by atoms with Crippen LogP contribution in [0.1, 0.15) is 49.9 Å². The van der Waals surface area contributed by atoms with Crippen molar-refractivity contribution >= 4 is 32.8 Å². The Balaban J connectivity index is 1.73. The normalized spacial score (nSPS) is 20.1. The second kappa shape index (κ2) is 8.83. The SMILES string of the molecule is CC(C)(CO)NC(=O)c1cccc2cnc(NC3CCC(NS(C)(=O)=O)CC3)nc12. The van der Waals surface area contributed by atoms with Gasteiger partial charge in [0.05, 0.1) is 29.5 Å². The van der Waals surface area contributed by atoms with Crippen LogP contribution in [0.2, 0.25) is 0 Å². The molecule has 1 aliphatic rings. The van der Waals surface area contributed by atoms with Crippen molar-refractivity contribution in [1.29, 1.82) is 0 Å². The molecule has 0 aliphatic heterocycles. The predicted molar refractivity (Wildman–Crippen MR) is 116 cm³/mol. The van der Waals surface area contributed by atoms with E-state index in [0.717, 1.165) is 31.1 Å². The number of aliphatic hydroxyl groups is 1. The molecule has 1 aromatic carbocycles. The molecule has 0 unspecified atom stereocenters. The summed E-state index contributed by atoms with van der Waals surface area (Å²) in [5.74, 6) is 0.125. The first-order valence-electron chi connectivity index (χ1n) is 9.99. The number of nitrogens with zero attached hydrogens (tertiary/aromatic N) is 2. The largest absolute Gasteiger partial charge is 0.394 e. The Hall–Kier alpha value is -2.30. The highest BCUT2D eigenvalue weighted by Gasteiger charge is 2.25. The number of aromatic nitrogens is 2. The number of hydrogen-bond donors (Lipinski definition) is 4. The van der Waals surface area contributed by atoms with Crippen LogP contribution in [0.3, 0.4) is 0 Å². The molecule has 4 N–H and O–H groups in total. The number of carbonyl (C=O) groups is 1. The second-order valence-electron chi connectivity index (χ2n) is 8.52. The third-order valence-corrected chi connectivity index (χ3v) is 5.91. The lowest BCUT2D eigenvalue weighted by atomic mass is 9.92. The van der Waals surface area contributed by atoms with Crippen molar-refractivity contribution < 1.29 is 18.3 Å². The fourth-order valence-corrected chi connectivity index (χ4v) is 4.40. The van der Waals surface area contributed by atoms with Crippen molar-refractivity contribution in [2.24, 2.45) is 0 Å². The van der Waals surface area contributed by atoms with Gasteiger partial charge in [0, 0.05) is 23.7 Å². The van der Waals surface area contributed by atoms with Crippen molar-refractivity contribution in [1.82, 2.24) is 20.0 Å². The van der Waals surface area contributed by atoms with Crippen LogP contribution in [0.25, 0.3) is 10.9 Å². The molecule has 3 rings (SSSR count). The summed E-state index contributed by atoms with van der Waals surface area (Å²) in [6.45, 7) is 3.31. The number of rotatable bonds is 7. The van der Waals surface area contributed by atoms with Gasteiger partial charge in [-0.15, -0.1) is 0 Å². The Morgan fingerprint density at radius 3 is 2.50 bits per heavy atom. The van der Waals surface area contributed by atoms with E-state index in [-0.39, 0.29) is 24.6 Å². The first kappa shape index (κ1) is 22.4. The summed E-state index contributed by atoms with van der Waals surface area (Å²) < 4.78 is 25.5. The van der Waals surface area contributed by atoms with E-state index in [1.54, 1.807) is 32.2 Å². The topological polar surface area (TPSA) is 133 Å². The molecule has 1 heterocycles. The van der Waals surface area contributed by atoms with E-state index in [1.165, 1.54) is 6.26 Å². The van der Waals surface area contributed by atoms with E-state index >= 15 is 0 Å². The van der Waals surface area contributed by atoms with E-state index in [1.807, 2.05) is 6.07 Å². The molecule has 10 heteroatoms. The highest BCUT2D eigenvalue weighted by molar-refractivity contribution is 7.88. The molecule has 0 bridgehead atoms. The van der Waals surface area contributed by atoms with Gasteiger partial charge in [-0.25, -0.2) is 23.1 Å². The molecular weight excluding hydrogens is 406 g/mol. The Bertz CT molecular complexity index is 1020. The van der Waals surface area contributed by atoms with Crippen molar-refractivity contribution in [2.75, 3.05) is 18.2 Å². The smallest absolute Gasteiger partial charge is 0.253 e. The number of fused-ring (bicyclic) bond motifs is 1. The van der Waals surface area contributed by atoms with E-state index in [4.69, 9.17) is 0 Å². The van der Waals surface area contributed by atoms with E-state index < -0.39 is 15.6 Å². The molecule has 0 saturated heterocycles. The van der Waals surface area contributed by atoms with Gasteiger partial charge in [0.25, 0.3) is 5.91 Å². The lowest BCUT2D eigenvalue weighted by Gasteiger charge is -2.29. The predicted octanol–water partition coefficient (Wildman–Crippen LogP) is 1.40. The summed E-state index contributed by atoms with van der Waals surface area (Å²) in [4.78, 5) is 21.7. The van der Waals surface area contributed by atoms with Crippen molar-refractivity contribution in [3.05, 3.63) is 30.0 Å². The molecule has 0 radical (unpaired) electrons. The average molecular weight is 436 g/mol. The van der Waals surface area contributed by atoms with E-state index in [2.05, 4.69) is 25.3 Å². The van der Waals surface area contributed by atoms with Crippen molar-refractivity contribution in [3.63, 3.8) is 0 Å². The average Bonchev–Trinajstić information content (AvgIpc) is 2.67. The minimum atomic E-state index is -3.20. The number of para-hydroxylation sites is 1. The van der Waals surface area contributed by atoms with Crippen molar-refractivity contribution in [2.45, 2.75) is 57.2 Å². The lowest BCUT2D eigenvalue weighted by Crippen LogP contribution is -2.46. The van der Waals surface area contributed by atoms with Crippen LogP contribution >= 0.6 is 0 Å². The molecule has 164 valence electrons. The van der Waals surface area contributed by atoms with Gasteiger partial charge in [0.2, 0.25) is 16.0 Å². The lowest BCUT2D eigenvalue weighted by molar-refractivity contribution is 0.0871. The molecular formula is C20H29N5O4S.